The fraction of sp³-hybridized carbons (Fsp3) is 0.196. The summed E-state index contributed by atoms with van der Waals surface area (Å²) in [5, 5.41) is 12.8. The van der Waals surface area contributed by atoms with Gasteiger partial charge in [0.25, 0.3) is 9.84 Å². The van der Waals surface area contributed by atoms with Gasteiger partial charge >= 0.3 is 5.51 Å². The van der Waals surface area contributed by atoms with Gasteiger partial charge < -0.3 is 71.9 Å². The molecule has 12 heterocycles. The molecule has 4 saturated heterocycles. The van der Waals surface area contributed by atoms with E-state index in [1.165, 1.54) is 6.07 Å². The van der Waals surface area contributed by atoms with Crippen molar-refractivity contribution in [2.24, 2.45) is 0 Å². The number of nitrogens with zero attached hydrogens (tertiary/aromatic N) is 10. The molecule has 4 aliphatic heterocycles. The summed E-state index contributed by atoms with van der Waals surface area (Å²) < 4.78 is 96.3. The van der Waals surface area contributed by atoms with Gasteiger partial charge in [0, 0.05) is 154 Å². The third-order valence-corrected chi connectivity index (χ3v) is 26.9. The largest absolute Gasteiger partial charge is 0.501 e. The minimum absolute atomic E-state index is 0.0199. The number of H-pyrrole nitrogens is 1. The number of sulfone groups is 1. The zero-order chi connectivity index (χ0) is 97.8. The van der Waals surface area contributed by atoms with E-state index in [0.29, 0.717) is 133 Å². The van der Waals surface area contributed by atoms with Crippen LogP contribution < -0.4 is 47.9 Å². The predicted octanol–water partition coefficient (Wildman–Crippen LogP) is 18.9. The number of nitrogens with one attached hydrogen (secondary N) is 5. The Bertz CT molecular complexity index is 7060. The average Bonchev–Trinajstić information content (AvgIpc) is 0.927. The number of para-hydroxylation sites is 2. The number of carbonyl (C=O) groups is 4. The van der Waals surface area contributed by atoms with Crippen LogP contribution in [0.3, 0.4) is 0 Å². The summed E-state index contributed by atoms with van der Waals surface area (Å²) in [5.41, 5.74) is 22.7. The number of carbonyl (C=O) groups excluding carboxylic acids is 4. The molecule has 0 aliphatic carbocycles. The summed E-state index contributed by atoms with van der Waals surface area (Å²) in [6.45, 7) is 3.78. The van der Waals surface area contributed by atoms with Crippen LogP contribution in [0.15, 0.2) is 334 Å². The Hall–Kier alpha value is -16.4. The Morgan fingerprint density at radius 1 is 0.326 bits per heavy atom. The van der Waals surface area contributed by atoms with Crippen molar-refractivity contribution in [1.29, 1.82) is 0 Å². The molecule has 4 fully saturated rings. The molecular formula is C107H97F3N18O12S. The Morgan fingerprint density at radius 2 is 0.681 bits per heavy atom. The highest BCUT2D eigenvalue weighted by atomic mass is 32.2. The molecule has 34 heteroatoms. The van der Waals surface area contributed by atoms with Crippen LogP contribution in [0.1, 0.15) is 73.6 Å². The number of aromatic nitrogens is 11. The first-order valence-corrected chi connectivity index (χ1v) is 46.9. The van der Waals surface area contributed by atoms with E-state index in [9.17, 15) is 40.8 Å². The minimum atomic E-state index is -5.55. The highest BCUT2D eigenvalue weighted by Crippen LogP contribution is 2.44. The predicted molar refractivity (Wildman–Crippen MR) is 529 cm³/mol. The number of pyridine rings is 4. The third kappa shape index (κ3) is 22.7. The second kappa shape index (κ2) is 43.5. The summed E-state index contributed by atoms with van der Waals surface area (Å²) in [7, 11) is -5.55. The summed E-state index contributed by atoms with van der Waals surface area (Å²) in [6.07, 6.45) is 24.7. The van der Waals surface area contributed by atoms with Gasteiger partial charge in [0.15, 0.2) is 0 Å². The van der Waals surface area contributed by atoms with Crippen LogP contribution in [0.2, 0.25) is 0 Å². The molecule has 16 aromatic rings. The van der Waals surface area contributed by atoms with Gasteiger partial charge in [-0.15, -0.1) is 0 Å². The van der Waals surface area contributed by atoms with Crippen molar-refractivity contribution < 1.29 is 69.2 Å². The van der Waals surface area contributed by atoms with E-state index in [1.54, 1.807) is 92.2 Å². The maximum atomic E-state index is 13.7. The summed E-state index contributed by atoms with van der Waals surface area (Å²) >= 11 is 0. The maximum absolute atomic E-state index is 13.7. The number of anilines is 7. The van der Waals surface area contributed by atoms with E-state index in [-0.39, 0.29) is 41.3 Å². The first-order chi connectivity index (χ1) is 68.5. The number of amides is 4. The number of benzene rings is 8. The molecule has 0 unspecified atom stereocenters. The lowest BCUT2D eigenvalue weighted by molar-refractivity contribution is -0.125. The second-order valence-corrected chi connectivity index (χ2v) is 35.9. The van der Waals surface area contributed by atoms with Crippen LogP contribution in [-0.4, -0.2) is 145 Å². The Balaban J connectivity index is 0.000000130. The van der Waals surface area contributed by atoms with Crippen molar-refractivity contribution in [1.82, 2.24) is 54.8 Å². The van der Waals surface area contributed by atoms with Gasteiger partial charge in [-0.3, -0.25) is 24.2 Å². The lowest BCUT2D eigenvalue weighted by atomic mass is 9.73. The fourth-order valence-corrected chi connectivity index (χ4v) is 18.2. The van der Waals surface area contributed by atoms with Crippen molar-refractivity contribution in [3.8, 4) is 78.6 Å². The summed E-state index contributed by atoms with van der Waals surface area (Å²) in [6, 6.07) is 77.5. The lowest BCUT2D eigenvalue weighted by Gasteiger charge is -2.36. The number of hydrogen-bond acceptors (Lipinski definition) is 25. The topological polar surface area (TPSA) is 429 Å². The number of aromatic amines is 1. The monoisotopic (exact) mass is 1910 g/mol. The lowest BCUT2D eigenvalue weighted by Crippen LogP contribution is -2.45. The van der Waals surface area contributed by atoms with E-state index in [0.717, 1.165) is 119 Å². The quantitative estimate of drug-likeness (QED) is 0.0312. The molecule has 30 nitrogen and oxygen atoms in total. The Kier molecular flexibility index (Phi) is 29.7. The molecule has 141 heavy (non-hydrogen) atoms. The van der Waals surface area contributed by atoms with E-state index >= 15 is 0 Å². The van der Waals surface area contributed by atoms with Crippen LogP contribution in [0.5, 0.6) is 23.0 Å². The van der Waals surface area contributed by atoms with Crippen molar-refractivity contribution >= 4 is 85.4 Å². The SMILES string of the molecule is Nc1ncc(-c2ccc(C3(C(=O)Nc4ccc(-c5cccnc5)cc4)CCOCC3)cc2)cn1.Nc1ncc(-c2ccc(C3(C(=O)Nc4ccc(Oc5ccccc5)cn4)CCOCC3)cc2)cn1.Nc1ncc(-c2ccc(C3(C(=O)Nc4cccc(S(=O)(=O)C(F)(F)F)c4)CCOCC3)cc2)cn1.O=C(Nc1ccc(Oc2ccccc2)cn1)C1(c2ccc(-c3cnc4[nH]ccc4c3)cc2)CCOCC1. The molecule has 0 atom stereocenters. The molecule has 0 bridgehead atoms. The number of nitrogen functional groups attached to an aromatic ring is 3. The van der Waals surface area contributed by atoms with Gasteiger partial charge in [0.05, 0.1) is 38.9 Å². The van der Waals surface area contributed by atoms with Gasteiger partial charge in [-0.25, -0.2) is 53.3 Å². The summed E-state index contributed by atoms with van der Waals surface area (Å²) in [4.78, 5) is 98.2. The van der Waals surface area contributed by atoms with Gasteiger partial charge in [0.2, 0.25) is 41.5 Å². The molecule has 0 radical (unpaired) electrons. The zero-order valence-corrected chi connectivity index (χ0v) is 77.0. The summed E-state index contributed by atoms with van der Waals surface area (Å²) in [5.74, 6) is 3.56. The van der Waals surface area contributed by atoms with Crippen LogP contribution in [-0.2, 0) is 69.6 Å². The van der Waals surface area contributed by atoms with E-state index in [2.05, 4.69) is 94.3 Å². The number of hydrogen-bond donors (Lipinski definition) is 8. The normalized spacial score (nSPS) is 15.1. The average molecular weight is 1920 g/mol. The van der Waals surface area contributed by atoms with E-state index < -0.39 is 47.8 Å². The van der Waals surface area contributed by atoms with Crippen molar-refractivity contribution in [2.75, 3.05) is 91.3 Å². The molecule has 0 spiro atoms. The molecule has 11 N–H and O–H groups in total. The number of fused-ring (bicyclic) bond motifs is 1. The standard InChI is InChI=1S/C30H26N4O3.C27H25N5O3.C27H25N5O2.C23H21F3N4O4S/c35-29(34-27-11-10-26(20-32-27)37-25-4-2-1-3-5-25)30(13-16-36-17-14-30)24-8-6-21(7-9-24)23-18-22-12-15-31-28(22)33-19-23;28-26-30-16-20(17-31-26)19-6-8-21(9-7-19)27(12-14-34-15-13-27)25(33)32-24-11-10-23(18-29-24)35-22-4-2-1-3-5-22;28-26-30-17-22(18-31-26)20-3-7-23(8-4-20)27(11-14-34-15-12-27)25(33)32-24-9-5-19(6-10-24)21-2-1-13-29-16-21;24-23(25,26)35(32,33)19-3-1-2-18(12-19)30-20(31)22(8-10-34-11-9-22)17-6-4-15(5-7-17)16-13-28-21(27)29-14-16/h1-12,15,18-20H,13-14,16-17H2,(H,31,33)(H,32,34,35);1-11,16-18H,12-15H2,(H2,28,30,31)(H,29,32,33);1-10,13,16-18H,11-12,14-15H2,(H,32,33)(H2,28,30,31);1-7,12-14H,8-11H2,(H,30,31)(H2,27,28,29). The Morgan fingerprint density at radius 3 is 1.04 bits per heavy atom. The molecule has 0 saturated carbocycles. The van der Waals surface area contributed by atoms with Gasteiger partial charge in [-0.05, 0) is 204 Å². The highest BCUT2D eigenvalue weighted by Gasteiger charge is 2.49. The minimum Gasteiger partial charge on any atom is -0.456 e. The second-order valence-electron chi connectivity index (χ2n) is 33.9. The van der Waals surface area contributed by atoms with E-state index in [1.807, 2.05) is 195 Å². The number of halogens is 3. The van der Waals surface area contributed by atoms with Gasteiger partial charge in [-0.2, -0.15) is 13.2 Å². The Labute approximate surface area is 809 Å². The van der Waals surface area contributed by atoms with Gasteiger partial charge in [0.1, 0.15) is 40.3 Å². The molecular weight excluding hydrogens is 1820 g/mol. The number of ether oxygens (including phenoxy) is 6. The van der Waals surface area contributed by atoms with Crippen LogP contribution in [0.25, 0.3) is 66.7 Å². The highest BCUT2D eigenvalue weighted by molar-refractivity contribution is 7.92. The van der Waals surface area contributed by atoms with Crippen molar-refractivity contribution in [3.05, 3.63) is 351 Å². The zero-order valence-electron chi connectivity index (χ0n) is 76.1. The van der Waals surface area contributed by atoms with Crippen LogP contribution in [0.4, 0.5) is 54.0 Å². The molecule has 4 aliphatic rings. The molecule has 20 rings (SSSR count). The van der Waals surface area contributed by atoms with Crippen molar-refractivity contribution in [2.45, 2.75) is 83.4 Å². The maximum Gasteiger partial charge on any atom is 0.501 e. The van der Waals surface area contributed by atoms with Gasteiger partial charge in [-0.1, -0.05) is 158 Å². The fourth-order valence-electron chi connectivity index (χ4n) is 17.4. The number of alkyl halides is 3. The van der Waals surface area contributed by atoms with Crippen LogP contribution >= 0.6 is 0 Å². The molecule has 714 valence electrons. The smallest absolute Gasteiger partial charge is 0.456 e. The molecule has 4 amide bonds. The number of nitrogens with two attached hydrogens (primary N) is 3. The first kappa shape index (κ1) is 96.3. The first-order valence-electron chi connectivity index (χ1n) is 45.4. The number of rotatable bonds is 22. The molecule has 8 aromatic carbocycles. The van der Waals surface area contributed by atoms with Crippen molar-refractivity contribution in [3.63, 3.8) is 0 Å². The third-order valence-electron chi connectivity index (χ3n) is 25.4. The van der Waals surface area contributed by atoms with E-state index in [4.69, 9.17) is 45.6 Å². The molecule has 8 aromatic heterocycles. The van der Waals surface area contributed by atoms with Crippen LogP contribution in [0, 0.1) is 0 Å².